The monoisotopic (exact) mass is 275 g/mol. The molecule has 1 saturated carbocycles. The minimum Gasteiger partial charge on any atom is -0.316 e. The molecule has 1 aliphatic rings. The van der Waals surface area contributed by atoms with E-state index in [4.69, 9.17) is 0 Å². The largest absolute Gasteiger partial charge is 0.316 e. The Kier molecular flexibility index (Phi) is 5.17. The molecule has 20 heavy (non-hydrogen) atoms. The van der Waals surface area contributed by atoms with Gasteiger partial charge in [-0.05, 0) is 62.4 Å². The first kappa shape index (κ1) is 15.5. The van der Waals surface area contributed by atoms with Crippen molar-refractivity contribution in [3.05, 3.63) is 30.1 Å². The average Bonchev–Trinajstić information content (AvgIpc) is 2.72. The second-order valence-corrected chi connectivity index (χ2v) is 6.92. The van der Waals surface area contributed by atoms with E-state index in [-0.39, 0.29) is 0 Å². The third-order valence-electron chi connectivity index (χ3n) is 4.86. The first-order valence-electron chi connectivity index (χ1n) is 7.77. The predicted octanol–water partition coefficient (Wildman–Crippen LogP) is 2.58. The van der Waals surface area contributed by atoms with Crippen LogP contribution in [0, 0.1) is 11.3 Å². The summed E-state index contributed by atoms with van der Waals surface area (Å²) in [6.45, 7) is 7.10. The van der Waals surface area contributed by atoms with Gasteiger partial charge in [0.05, 0.1) is 0 Å². The molecule has 2 atom stereocenters. The van der Waals surface area contributed by atoms with E-state index in [9.17, 15) is 0 Å². The highest BCUT2D eigenvalue weighted by atomic mass is 15.1. The average molecular weight is 275 g/mol. The summed E-state index contributed by atoms with van der Waals surface area (Å²) in [6.07, 6.45) is 7.55. The van der Waals surface area contributed by atoms with Crippen LogP contribution in [0.3, 0.4) is 0 Å². The van der Waals surface area contributed by atoms with Crippen molar-refractivity contribution in [1.82, 2.24) is 15.2 Å². The number of nitrogens with one attached hydrogen (secondary N) is 1. The van der Waals surface area contributed by atoms with Gasteiger partial charge in [0.2, 0.25) is 0 Å². The van der Waals surface area contributed by atoms with Gasteiger partial charge >= 0.3 is 0 Å². The van der Waals surface area contributed by atoms with E-state index >= 15 is 0 Å². The van der Waals surface area contributed by atoms with Crippen molar-refractivity contribution in [2.75, 3.05) is 27.2 Å². The van der Waals surface area contributed by atoms with Crippen LogP contribution < -0.4 is 5.32 Å². The molecule has 1 heterocycles. The van der Waals surface area contributed by atoms with Gasteiger partial charge in [-0.3, -0.25) is 4.98 Å². The molecule has 1 N–H and O–H groups in total. The molecule has 2 unspecified atom stereocenters. The summed E-state index contributed by atoms with van der Waals surface area (Å²) in [5.74, 6) is 0.775. The number of hydrogen-bond acceptors (Lipinski definition) is 3. The molecule has 3 heteroatoms. The van der Waals surface area contributed by atoms with Crippen LogP contribution >= 0.6 is 0 Å². The molecule has 0 bridgehead atoms. The van der Waals surface area contributed by atoms with Gasteiger partial charge in [-0.25, -0.2) is 0 Å². The fourth-order valence-electron chi connectivity index (χ4n) is 3.70. The van der Waals surface area contributed by atoms with Crippen LogP contribution in [-0.4, -0.2) is 43.1 Å². The number of hydrogen-bond donors (Lipinski definition) is 1. The zero-order chi connectivity index (χ0) is 14.6. The summed E-state index contributed by atoms with van der Waals surface area (Å²) < 4.78 is 0. The van der Waals surface area contributed by atoms with Crippen LogP contribution in [0.5, 0.6) is 0 Å². The highest BCUT2D eigenvalue weighted by Crippen LogP contribution is 2.41. The lowest BCUT2D eigenvalue weighted by Crippen LogP contribution is -2.43. The Balaban J connectivity index is 1.81. The molecule has 1 aliphatic carbocycles. The van der Waals surface area contributed by atoms with E-state index < -0.39 is 0 Å². The van der Waals surface area contributed by atoms with Crippen molar-refractivity contribution in [2.24, 2.45) is 11.3 Å². The quantitative estimate of drug-likeness (QED) is 0.865. The van der Waals surface area contributed by atoms with Gasteiger partial charge in [-0.15, -0.1) is 0 Å². The van der Waals surface area contributed by atoms with Gasteiger partial charge in [0, 0.05) is 31.5 Å². The maximum atomic E-state index is 4.07. The Morgan fingerprint density at radius 2 is 2.05 bits per heavy atom. The van der Waals surface area contributed by atoms with Crippen molar-refractivity contribution in [2.45, 2.75) is 39.2 Å². The van der Waals surface area contributed by atoms with Crippen molar-refractivity contribution in [3.63, 3.8) is 0 Å². The van der Waals surface area contributed by atoms with E-state index in [0.717, 1.165) is 18.9 Å². The fraction of sp³-hybridized carbons (Fsp3) is 0.706. The fourth-order valence-corrected chi connectivity index (χ4v) is 3.70. The van der Waals surface area contributed by atoms with Crippen LogP contribution in [-0.2, 0) is 6.42 Å². The van der Waals surface area contributed by atoms with E-state index in [2.05, 4.69) is 55.3 Å². The summed E-state index contributed by atoms with van der Waals surface area (Å²) >= 11 is 0. The zero-order valence-corrected chi connectivity index (χ0v) is 13.4. The maximum absolute atomic E-state index is 4.07. The first-order chi connectivity index (χ1) is 9.53. The molecule has 1 aromatic rings. The maximum Gasteiger partial charge on any atom is 0.0270 e. The molecule has 1 aromatic heterocycles. The molecular formula is C17H29N3. The third kappa shape index (κ3) is 3.80. The summed E-state index contributed by atoms with van der Waals surface area (Å²) in [6, 6.07) is 4.87. The van der Waals surface area contributed by atoms with Gasteiger partial charge in [0.25, 0.3) is 0 Å². The highest BCUT2D eigenvalue weighted by molar-refractivity contribution is 5.09. The smallest absolute Gasteiger partial charge is 0.0270 e. The Morgan fingerprint density at radius 1 is 1.35 bits per heavy atom. The number of likely N-dealkylation sites (N-methyl/N-ethyl adjacent to an activating group) is 1. The molecule has 0 radical (unpaired) electrons. The highest BCUT2D eigenvalue weighted by Gasteiger charge is 2.40. The summed E-state index contributed by atoms with van der Waals surface area (Å²) in [5, 5.41) is 3.55. The molecule has 2 rings (SSSR count). The molecule has 0 spiro atoms. The van der Waals surface area contributed by atoms with E-state index in [1.165, 1.54) is 24.9 Å². The first-order valence-corrected chi connectivity index (χ1v) is 7.77. The summed E-state index contributed by atoms with van der Waals surface area (Å²) in [5.41, 5.74) is 1.81. The van der Waals surface area contributed by atoms with Crippen LogP contribution in [0.1, 0.15) is 32.3 Å². The number of nitrogens with zero attached hydrogens (tertiary/aromatic N) is 2. The van der Waals surface area contributed by atoms with Crippen LogP contribution in [0.4, 0.5) is 0 Å². The van der Waals surface area contributed by atoms with E-state index in [1.807, 2.05) is 12.4 Å². The van der Waals surface area contributed by atoms with Crippen LogP contribution in [0.15, 0.2) is 24.5 Å². The normalized spacial score (nSPS) is 25.2. The summed E-state index contributed by atoms with van der Waals surface area (Å²) in [7, 11) is 4.36. The molecule has 3 nitrogen and oxygen atoms in total. The van der Waals surface area contributed by atoms with Crippen LogP contribution in [0.25, 0.3) is 0 Å². The second kappa shape index (κ2) is 6.68. The third-order valence-corrected chi connectivity index (χ3v) is 4.86. The van der Waals surface area contributed by atoms with E-state index in [0.29, 0.717) is 11.5 Å². The summed E-state index contributed by atoms with van der Waals surface area (Å²) in [4.78, 5) is 6.55. The van der Waals surface area contributed by atoms with Crippen molar-refractivity contribution < 1.29 is 0 Å². The number of aromatic nitrogens is 1. The van der Waals surface area contributed by atoms with Crippen molar-refractivity contribution >= 4 is 0 Å². The number of rotatable bonds is 6. The Morgan fingerprint density at radius 3 is 2.70 bits per heavy atom. The Labute approximate surface area is 123 Å². The van der Waals surface area contributed by atoms with Gasteiger partial charge in [0.15, 0.2) is 0 Å². The Hall–Kier alpha value is -0.930. The molecule has 0 aromatic carbocycles. The van der Waals surface area contributed by atoms with Gasteiger partial charge in [-0.1, -0.05) is 13.8 Å². The standard InChI is InChI=1S/C17H29N3/c1-17(2)9-5-15(16(17)18-3)13-20(4)12-8-14-6-10-19-11-7-14/h6-7,10-11,15-16,18H,5,8-9,12-13H2,1-4H3. The minimum atomic E-state index is 0.436. The zero-order valence-electron chi connectivity index (χ0n) is 13.4. The molecule has 0 aliphatic heterocycles. The van der Waals surface area contributed by atoms with Crippen molar-refractivity contribution in [3.8, 4) is 0 Å². The minimum absolute atomic E-state index is 0.436. The Bertz CT molecular complexity index is 402. The predicted molar refractivity (Wildman–Crippen MR) is 84.8 cm³/mol. The van der Waals surface area contributed by atoms with Gasteiger partial charge < -0.3 is 10.2 Å². The van der Waals surface area contributed by atoms with Gasteiger partial charge in [-0.2, -0.15) is 0 Å². The lowest BCUT2D eigenvalue weighted by Gasteiger charge is -2.32. The lowest BCUT2D eigenvalue weighted by atomic mass is 9.85. The van der Waals surface area contributed by atoms with E-state index in [1.54, 1.807) is 0 Å². The topological polar surface area (TPSA) is 28.2 Å². The number of pyridine rings is 1. The molecular weight excluding hydrogens is 246 g/mol. The second-order valence-electron chi connectivity index (χ2n) is 6.92. The molecule has 1 fully saturated rings. The lowest BCUT2D eigenvalue weighted by molar-refractivity contribution is 0.212. The molecule has 112 valence electrons. The van der Waals surface area contributed by atoms with Gasteiger partial charge in [0.1, 0.15) is 0 Å². The molecule has 0 saturated heterocycles. The SMILES string of the molecule is CNC1C(CN(C)CCc2ccncc2)CCC1(C)C. The van der Waals surface area contributed by atoms with Crippen molar-refractivity contribution in [1.29, 1.82) is 0 Å². The molecule has 0 amide bonds. The van der Waals surface area contributed by atoms with Crippen LogP contribution in [0.2, 0.25) is 0 Å².